The molecule has 1 saturated carbocycles. The summed E-state index contributed by atoms with van der Waals surface area (Å²) in [4.78, 5) is 15.4. The summed E-state index contributed by atoms with van der Waals surface area (Å²) >= 11 is 5.32. The Morgan fingerprint density at radius 2 is 2.31 bits per heavy atom. The van der Waals surface area contributed by atoms with Gasteiger partial charge >= 0.3 is 0 Å². The maximum atomic E-state index is 11.8. The molecule has 0 unspecified atom stereocenters. The van der Waals surface area contributed by atoms with Gasteiger partial charge in [0.2, 0.25) is 5.91 Å². The lowest BCUT2D eigenvalue weighted by molar-refractivity contribution is -0.125. The van der Waals surface area contributed by atoms with Crippen LogP contribution in [0.25, 0.3) is 0 Å². The van der Waals surface area contributed by atoms with E-state index in [9.17, 15) is 4.79 Å². The molecule has 1 saturated heterocycles. The van der Waals surface area contributed by atoms with E-state index in [0.717, 1.165) is 18.6 Å². The second kappa shape index (κ2) is 3.59. The molecule has 3 rings (SSSR count). The Balaban J connectivity index is 1.73. The fourth-order valence-corrected chi connectivity index (χ4v) is 2.35. The minimum Gasteiger partial charge on any atom is -0.467 e. The molecule has 2 aliphatic rings. The molecule has 0 atom stereocenters. The summed E-state index contributed by atoms with van der Waals surface area (Å²) in [5, 5.41) is 0.656. The Bertz CT molecular complexity index is 425. The lowest BCUT2D eigenvalue weighted by Gasteiger charge is -2.18. The number of amides is 1. The van der Waals surface area contributed by atoms with Crippen LogP contribution in [-0.2, 0) is 11.3 Å². The number of rotatable bonds is 3. The largest absolute Gasteiger partial charge is 0.467 e. The first-order valence-electron chi connectivity index (χ1n) is 5.39. The summed E-state index contributed by atoms with van der Waals surface area (Å²) in [7, 11) is 0. The van der Waals surface area contributed by atoms with E-state index >= 15 is 0 Å². The number of thiocarbonyl (C=S) groups is 1. The Kier molecular flexibility index (Phi) is 2.21. The normalized spacial score (nSPS) is 21.0. The standard InChI is InChI=1S/C11H12N2O2S/c14-10-7-12(6-9-2-1-5-15-9)11(16)13(10)8-3-4-8/h1-2,5,8H,3-4,6-7H2. The molecule has 0 N–H and O–H groups in total. The Morgan fingerprint density at radius 1 is 1.50 bits per heavy atom. The molecule has 0 spiro atoms. The van der Waals surface area contributed by atoms with Crippen LogP contribution in [-0.4, -0.2) is 33.4 Å². The third kappa shape index (κ3) is 1.61. The first-order valence-corrected chi connectivity index (χ1v) is 5.80. The number of carbonyl (C=O) groups is 1. The predicted molar refractivity (Wildman–Crippen MR) is 61.6 cm³/mol. The van der Waals surface area contributed by atoms with Crippen LogP contribution in [0, 0.1) is 0 Å². The lowest BCUT2D eigenvalue weighted by Crippen LogP contribution is -2.34. The summed E-state index contributed by atoms with van der Waals surface area (Å²) in [5.41, 5.74) is 0. The average Bonchev–Trinajstić information content (AvgIpc) is 2.86. The number of hydrogen-bond donors (Lipinski definition) is 0. The smallest absolute Gasteiger partial charge is 0.248 e. The molecule has 84 valence electrons. The molecule has 1 aliphatic carbocycles. The minimum atomic E-state index is 0.124. The highest BCUT2D eigenvalue weighted by Crippen LogP contribution is 2.31. The second-order valence-electron chi connectivity index (χ2n) is 4.21. The van der Waals surface area contributed by atoms with Gasteiger partial charge in [-0.1, -0.05) is 0 Å². The van der Waals surface area contributed by atoms with Gasteiger partial charge in [-0.05, 0) is 37.2 Å². The van der Waals surface area contributed by atoms with Crippen molar-refractivity contribution in [2.45, 2.75) is 25.4 Å². The molecular weight excluding hydrogens is 224 g/mol. The lowest BCUT2D eigenvalue weighted by atomic mass is 10.4. The second-order valence-corrected chi connectivity index (χ2v) is 4.58. The number of furan rings is 1. The summed E-state index contributed by atoms with van der Waals surface area (Å²) < 4.78 is 5.26. The Morgan fingerprint density at radius 3 is 2.94 bits per heavy atom. The molecule has 2 heterocycles. The molecule has 0 bridgehead atoms. The molecule has 16 heavy (non-hydrogen) atoms. The monoisotopic (exact) mass is 236 g/mol. The molecule has 1 aliphatic heterocycles. The number of carbonyl (C=O) groups excluding carboxylic acids is 1. The molecule has 0 aromatic carbocycles. The van der Waals surface area contributed by atoms with Crippen LogP contribution in [0.2, 0.25) is 0 Å². The van der Waals surface area contributed by atoms with E-state index in [1.165, 1.54) is 0 Å². The predicted octanol–water partition coefficient (Wildman–Crippen LogP) is 1.37. The average molecular weight is 236 g/mol. The van der Waals surface area contributed by atoms with Crippen LogP contribution in [0.4, 0.5) is 0 Å². The van der Waals surface area contributed by atoms with Gasteiger partial charge in [-0.2, -0.15) is 0 Å². The van der Waals surface area contributed by atoms with Crippen LogP contribution in [0.1, 0.15) is 18.6 Å². The third-order valence-electron chi connectivity index (χ3n) is 2.91. The van der Waals surface area contributed by atoms with E-state index in [4.69, 9.17) is 16.6 Å². The van der Waals surface area contributed by atoms with Gasteiger partial charge < -0.3 is 9.32 Å². The van der Waals surface area contributed by atoms with Gasteiger partial charge in [-0.25, -0.2) is 0 Å². The molecule has 0 radical (unpaired) electrons. The topological polar surface area (TPSA) is 36.7 Å². The van der Waals surface area contributed by atoms with E-state index in [2.05, 4.69) is 0 Å². The van der Waals surface area contributed by atoms with Gasteiger partial charge in [0.15, 0.2) is 5.11 Å². The van der Waals surface area contributed by atoms with E-state index < -0.39 is 0 Å². The highest BCUT2D eigenvalue weighted by molar-refractivity contribution is 7.80. The molecular formula is C11H12N2O2S. The zero-order valence-electron chi connectivity index (χ0n) is 8.76. The minimum absolute atomic E-state index is 0.124. The zero-order chi connectivity index (χ0) is 11.1. The first-order chi connectivity index (χ1) is 7.75. The van der Waals surface area contributed by atoms with Crippen LogP contribution in [0.5, 0.6) is 0 Å². The maximum Gasteiger partial charge on any atom is 0.248 e. The van der Waals surface area contributed by atoms with E-state index in [-0.39, 0.29) is 5.91 Å². The molecule has 2 fully saturated rings. The van der Waals surface area contributed by atoms with E-state index in [1.807, 2.05) is 17.0 Å². The van der Waals surface area contributed by atoms with Gasteiger partial charge in [-0.3, -0.25) is 9.69 Å². The third-order valence-corrected chi connectivity index (χ3v) is 3.37. The van der Waals surface area contributed by atoms with Gasteiger partial charge in [0.25, 0.3) is 0 Å². The summed E-state index contributed by atoms with van der Waals surface area (Å²) in [6.07, 6.45) is 3.80. The van der Waals surface area contributed by atoms with Crippen molar-refractivity contribution in [3.63, 3.8) is 0 Å². The van der Waals surface area contributed by atoms with Crippen molar-refractivity contribution < 1.29 is 9.21 Å². The fraction of sp³-hybridized carbons (Fsp3) is 0.455. The quantitative estimate of drug-likeness (QED) is 0.743. The van der Waals surface area contributed by atoms with Crippen LogP contribution in [0.3, 0.4) is 0 Å². The van der Waals surface area contributed by atoms with E-state index in [0.29, 0.717) is 24.2 Å². The highest BCUT2D eigenvalue weighted by Gasteiger charge is 2.42. The van der Waals surface area contributed by atoms with Crippen LogP contribution in [0.15, 0.2) is 22.8 Å². The zero-order valence-corrected chi connectivity index (χ0v) is 9.57. The summed E-state index contributed by atoms with van der Waals surface area (Å²) in [6, 6.07) is 4.10. The van der Waals surface area contributed by atoms with Gasteiger partial charge in [0, 0.05) is 6.04 Å². The van der Waals surface area contributed by atoms with Crippen LogP contribution < -0.4 is 0 Å². The Labute approximate surface area is 98.8 Å². The van der Waals surface area contributed by atoms with Crippen molar-refractivity contribution in [1.29, 1.82) is 0 Å². The van der Waals surface area contributed by atoms with Crippen LogP contribution >= 0.6 is 12.2 Å². The highest BCUT2D eigenvalue weighted by atomic mass is 32.1. The van der Waals surface area contributed by atoms with Crippen molar-refractivity contribution in [3.05, 3.63) is 24.2 Å². The number of nitrogens with zero attached hydrogens (tertiary/aromatic N) is 2. The van der Waals surface area contributed by atoms with Crippen molar-refractivity contribution in [2.75, 3.05) is 6.54 Å². The number of hydrogen-bond acceptors (Lipinski definition) is 3. The molecule has 4 nitrogen and oxygen atoms in total. The van der Waals surface area contributed by atoms with Crippen molar-refractivity contribution in [3.8, 4) is 0 Å². The maximum absolute atomic E-state index is 11.8. The summed E-state index contributed by atoms with van der Waals surface area (Å²) in [6.45, 7) is 0.969. The molecule has 5 heteroatoms. The van der Waals surface area contributed by atoms with E-state index in [1.54, 1.807) is 11.2 Å². The summed E-state index contributed by atoms with van der Waals surface area (Å²) in [5.74, 6) is 0.965. The first kappa shape index (κ1) is 9.84. The van der Waals surface area contributed by atoms with Gasteiger partial charge in [-0.15, -0.1) is 0 Å². The van der Waals surface area contributed by atoms with Crippen molar-refractivity contribution >= 4 is 23.2 Å². The molecule has 1 amide bonds. The van der Waals surface area contributed by atoms with Gasteiger partial charge in [0.1, 0.15) is 12.3 Å². The molecule has 1 aromatic rings. The SMILES string of the molecule is O=C1CN(Cc2ccco2)C(=S)N1C1CC1. The fourth-order valence-electron chi connectivity index (χ4n) is 1.97. The van der Waals surface area contributed by atoms with Crippen molar-refractivity contribution in [2.24, 2.45) is 0 Å². The van der Waals surface area contributed by atoms with Crippen molar-refractivity contribution in [1.82, 2.24) is 9.80 Å². The Hall–Kier alpha value is -1.36. The van der Waals surface area contributed by atoms with Gasteiger partial charge in [0.05, 0.1) is 12.8 Å². The molecule has 1 aromatic heterocycles.